The molecule has 1 fully saturated rings. The van der Waals surface area contributed by atoms with E-state index in [0.29, 0.717) is 0 Å². The van der Waals surface area contributed by atoms with Crippen molar-refractivity contribution in [2.24, 2.45) is 0 Å². The highest BCUT2D eigenvalue weighted by molar-refractivity contribution is 5.52. The van der Waals surface area contributed by atoms with Crippen molar-refractivity contribution >= 4 is 5.82 Å². The molecule has 0 amide bonds. The van der Waals surface area contributed by atoms with Crippen molar-refractivity contribution in [3.8, 4) is 0 Å². The van der Waals surface area contributed by atoms with E-state index in [2.05, 4.69) is 52.9 Å². The number of rotatable bonds is 6. The van der Waals surface area contributed by atoms with Crippen LogP contribution in [0.4, 0.5) is 5.82 Å². The third-order valence-corrected chi connectivity index (χ3v) is 5.54. The standard InChI is InChI=1S/C22H32N4O/c1-5-20(27)15-25-10-12-26(13-11-25)22-21(17(3)23-18(4)24-22)14-19-9-7-6-8-16(19)2/h6-9,20,27H,5,10-15H2,1-4H3/t20-/m0/s1. The largest absolute Gasteiger partial charge is 0.392 e. The van der Waals surface area contributed by atoms with Crippen LogP contribution in [0.15, 0.2) is 24.3 Å². The summed E-state index contributed by atoms with van der Waals surface area (Å²) < 4.78 is 0. The summed E-state index contributed by atoms with van der Waals surface area (Å²) in [6.45, 7) is 12.8. The summed E-state index contributed by atoms with van der Waals surface area (Å²) in [5.41, 5.74) is 4.95. The van der Waals surface area contributed by atoms with E-state index in [1.807, 2.05) is 13.8 Å². The summed E-state index contributed by atoms with van der Waals surface area (Å²) in [4.78, 5) is 14.2. The molecule has 1 N–H and O–H groups in total. The van der Waals surface area contributed by atoms with Crippen molar-refractivity contribution in [3.63, 3.8) is 0 Å². The van der Waals surface area contributed by atoms with Crippen molar-refractivity contribution in [2.75, 3.05) is 37.6 Å². The number of piperazine rings is 1. The molecule has 0 radical (unpaired) electrons. The molecule has 0 aliphatic carbocycles. The lowest BCUT2D eigenvalue weighted by molar-refractivity contribution is 0.106. The quantitative estimate of drug-likeness (QED) is 0.850. The fourth-order valence-corrected chi connectivity index (χ4v) is 3.75. The molecule has 1 saturated heterocycles. The number of aliphatic hydroxyl groups is 1. The Bertz CT molecular complexity index is 769. The van der Waals surface area contributed by atoms with Crippen LogP contribution in [0, 0.1) is 20.8 Å². The molecule has 0 saturated carbocycles. The fraction of sp³-hybridized carbons (Fsp3) is 0.545. The SMILES string of the molecule is CC[C@H](O)CN1CCN(c2nc(C)nc(C)c2Cc2ccccc2C)CC1. The van der Waals surface area contributed by atoms with Crippen molar-refractivity contribution in [2.45, 2.75) is 46.6 Å². The van der Waals surface area contributed by atoms with Crippen LogP contribution < -0.4 is 4.90 Å². The number of nitrogens with zero attached hydrogens (tertiary/aromatic N) is 4. The molecule has 1 aromatic carbocycles. The lowest BCUT2D eigenvalue weighted by Gasteiger charge is -2.37. The summed E-state index contributed by atoms with van der Waals surface area (Å²) in [5, 5.41) is 9.92. The Morgan fingerprint density at radius 1 is 1.04 bits per heavy atom. The third-order valence-electron chi connectivity index (χ3n) is 5.54. The van der Waals surface area contributed by atoms with E-state index in [0.717, 1.165) is 62.9 Å². The van der Waals surface area contributed by atoms with E-state index < -0.39 is 0 Å². The van der Waals surface area contributed by atoms with E-state index >= 15 is 0 Å². The number of hydrogen-bond donors (Lipinski definition) is 1. The monoisotopic (exact) mass is 368 g/mol. The zero-order chi connectivity index (χ0) is 19.4. The Morgan fingerprint density at radius 3 is 2.41 bits per heavy atom. The van der Waals surface area contributed by atoms with Crippen LogP contribution in [0.5, 0.6) is 0 Å². The Labute approximate surface area is 163 Å². The first-order valence-corrected chi connectivity index (χ1v) is 10.0. The topological polar surface area (TPSA) is 52.5 Å². The first-order valence-electron chi connectivity index (χ1n) is 10.0. The van der Waals surface area contributed by atoms with Gasteiger partial charge in [0.05, 0.1) is 6.10 Å². The minimum absolute atomic E-state index is 0.225. The number of β-amino-alcohol motifs (C(OH)–C–C–N with tert-alkyl or cyclic N) is 1. The van der Waals surface area contributed by atoms with E-state index in [1.165, 1.54) is 16.7 Å². The Kier molecular flexibility index (Phi) is 6.45. The van der Waals surface area contributed by atoms with Gasteiger partial charge in [0.25, 0.3) is 0 Å². The first-order chi connectivity index (χ1) is 13.0. The number of aliphatic hydroxyl groups excluding tert-OH is 1. The second-order valence-corrected chi connectivity index (χ2v) is 7.61. The smallest absolute Gasteiger partial charge is 0.136 e. The average molecular weight is 369 g/mol. The normalized spacial score (nSPS) is 16.6. The van der Waals surface area contributed by atoms with Crippen molar-refractivity contribution < 1.29 is 5.11 Å². The molecule has 3 rings (SSSR count). The molecule has 5 nitrogen and oxygen atoms in total. The highest BCUT2D eigenvalue weighted by atomic mass is 16.3. The molecule has 0 spiro atoms. The van der Waals surface area contributed by atoms with Gasteiger partial charge in [-0.3, -0.25) is 4.90 Å². The molecule has 2 aromatic rings. The Morgan fingerprint density at radius 2 is 1.74 bits per heavy atom. The lowest BCUT2D eigenvalue weighted by atomic mass is 9.99. The van der Waals surface area contributed by atoms with Gasteiger partial charge in [0.1, 0.15) is 11.6 Å². The maximum absolute atomic E-state index is 9.92. The van der Waals surface area contributed by atoms with Crippen molar-refractivity contribution in [1.29, 1.82) is 0 Å². The summed E-state index contributed by atoms with van der Waals surface area (Å²) in [7, 11) is 0. The highest BCUT2D eigenvalue weighted by Gasteiger charge is 2.23. The van der Waals surface area contributed by atoms with Gasteiger partial charge in [-0.2, -0.15) is 0 Å². The summed E-state index contributed by atoms with van der Waals surface area (Å²) in [6, 6.07) is 8.55. The first kappa shape index (κ1) is 19.8. The lowest BCUT2D eigenvalue weighted by Crippen LogP contribution is -2.49. The Hall–Kier alpha value is -1.98. The van der Waals surface area contributed by atoms with Gasteiger partial charge >= 0.3 is 0 Å². The molecule has 5 heteroatoms. The summed E-state index contributed by atoms with van der Waals surface area (Å²) in [6.07, 6.45) is 1.45. The van der Waals surface area contributed by atoms with Gasteiger partial charge in [-0.05, 0) is 38.3 Å². The van der Waals surface area contributed by atoms with E-state index in [1.54, 1.807) is 0 Å². The second-order valence-electron chi connectivity index (χ2n) is 7.61. The van der Waals surface area contributed by atoms with Crippen LogP contribution in [0.2, 0.25) is 0 Å². The number of aryl methyl sites for hydroxylation is 3. The van der Waals surface area contributed by atoms with Gasteiger partial charge in [0, 0.05) is 50.4 Å². The van der Waals surface area contributed by atoms with Gasteiger partial charge < -0.3 is 10.0 Å². The van der Waals surface area contributed by atoms with Gasteiger partial charge in [-0.25, -0.2) is 9.97 Å². The summed E-state index contributed by atoms with van der Waals surface area (Å²) in [5.74, 6) is 1.92. The Balaban J connectivity index is 1.80. The maximum atomic E-state index is 9.92. The van der Waals surface area contributed by atoms with E-state index in [9.17, 15) is 5.11 Å². The molecule has 1 atom stereocenters. The predicted octanol–water partition coefficient (Wildman–Crippen LogP) is 2.89. The second kappa shape index (κ2) is 8.81. The van der Waals surface area contributed by atoms with Crippen LogP contribution in [0.3, 0.4) is 0 Å². The molecular formula is C22H32N4O. The van der Waals surface area contributed by atoms with Crippen LogP contribution in [-0.4, -0.2) is 58.8 Å². The van der Waals surface area contributed by atoms with Crippen molar-refractivity contribution in [3.05, 3.63) is 52.5 Å². The number of anilines is 1. The molecule has 146 valence electrons. The minimum atomic E-state index is -0.225. The van der Waals surface area contributed by atoms with Crippen LogP contribution in [0.25, 0.3) is 0 Å². The molecule has 1 aromatic heterocycles. The summed E-state index contributed by atoms with van der Waals surface area (Å²) >= 11 is 0. The number of aromatic nitrogens is 2. The molecular weight excluding hydrogens is 336 g/mol. The minimum Gasteiger partial charge on any atom is -0.392 e. The van der Waals surface area contributed by atoms with Crippen LogP contribution in [0.1, 0.15) is 41.6 Å². The van der Waals surface area contributed by atoms with Crippen LogP contribution in [-0.2, 0) is 6.42 Å². The zero-order valence-electron chi connectivity index (χ0n) is 17.1. The number of hydrogen-bond acceptors (Lipinski definition) is 5. The van der Waals surface area contributed by atoms with Gasteiger partial charge in [0.2, 0.25) is 0 Å². The van der Waals surface area contributed by atoms with Crippen LogP contribution >= 0.6 is 0 Å². The van der Waals surface area contributed by atoms with Gasteiger partial charge in [-0.15, -0.1) is 0 Å². The van der Waals surface area contributed by atoms with Gasteiger partial charge in [-0.1, -0.05) is 31.2 Å². The molecule has 1 aliphatic heterocycles. The molecule has 0 unspecified atom stereocenters. The molecule has 0 bridgehead atoms. The van der Waals surface area contributed by atoms with E-state index in [-0.39, 0.29) is 6.10 Å². The fourth-order valence-electron chi connectivity index (χ4n) is 3.75. The predicted molar refractivity (Wildman–Crippen MR) is 110 cm³/mol. The molecule has 27 heavy (non-hydrogen) atoms. The maximum Gasteiger partial charge on any atom is 0.136 e. The van der Waals surface area contributed by atoms with E-state index in [4.69, 9.17) is 4.98 Å². The highest BCUT2D eigenvalue weighted by Crippen LogP contribution is 2.26. The number of benzene rings is 1. The van der Waals surface area contributed by atoms with Crippen molar-refractivity contribution in [1.82, 2.24) is 14.9 Å². The third kappa shape index (κ3) is 4.85. The van der Waals surface area contributed by atoms with Gasteiger partial charge in [0.15, 0.2) is 0 Å². The molecule has 1 aliphatic rings. The molecule has 2 heterocycles. The average Bonchev–Trinajstić information content (AvgIpc) is 2.65. The zero-order valence-corrected chi connectivity index (χ0v) is 17.1.